The van der Waals surface area contributed by atoms with Gasteiger partial charge in [-0.3, -0.25) is 4.79 Å². The van der Waals surface area contributed by atoms with E-state index in [0.717, 1.165) is 41.5 Å². The average molecular weight is 409 g/mol. The number of fused-ring (bicyclic) bond motifs is 1. The molecule has 3 aromatic rings. The van der Waals surface area contributed by atoms with Gasteiger partial charge < -0.3 is 15.0 Å². The molecular formula is C22H21ClN4O2. The smallest absolute Gasteiger partial charge is 0.154 e. The van der Waals surface area contributed by atoms with Crippen molar-refractivity contribution in [2.45, 2.75) is 38.0 Å². The van der Waals surface area contributed by atoms with Crippen LogP contribution in [0.1, 0.15) is 24.8 Å². The van der Waals surface area contributed by atoms with Gasteiger partial charge in [-0.2, -0.15) is 5.26 Å². The molecule has 0 amide bonds. The van der Waals surface area contributed by atoms with Gasteiger partial charge in [-0.05, 0) is 60.8 Å². The third-order valence-corrected chi connectivity index (χ3v) is 5.54. The number of nitrogens with one attached hydrogen (secondary N) is 1. The van der Waals surface area contributed by atoms with Crippen LogP contribution < -0.4 is 5.32 Å². The molecule has 1 aliphatic heterocycles. The number of imidazole rings is 1. The minimum atomic E-state index is -0.476. The zero-order valence-corrected chi connectivity index (χ0v) is 16.6. The Morgan fingerprint density at radius 3 is 2.97 bits per heavy atom. The monoisotopic (exact) mass is 408 g/mol. The van der Waals surface area contributed by atoms with Gasteiger partial charge in [0.15, 0.2) is 5.78 Å². The van der Waals surface area contributed by atoms with Crippen LogP contribution in [-0.4, -0.2) is 39.1 Å². The van der Waals surface area contributed by atoms with Crippen molar-refractivity contribution in [1.29, 1.82) is 5.26 Å². The number of nitrogens with zero attached hydrogens (tertiary/aromatic N) is 3. The third-order valence-electron chi connectivity index (χ3n) is 5.32. The second-order valence-electron chi connectivity index (χ2n) is 7.43. The predicted octanol–water partition coefficient (Wildman–Crippen LogP) is 3.30. The van der Waals surface area contributed by atoms with Crippen molar-refractivity contribution < 1.29 is 9.90 Å². The van der Waals surface area contributed by atoms with Gasteiger partial charge in [0.25, 0.3) is 0 Å². The zero-order valence-electron chi connectivity index (χ0n) is 15.8. The first-order chi connectivity index (χ1) is 14.0. The molecule has 2 atom stereocenters. The summed E-state index contributed by atoms with van der Waals surface area (Å²) in [6.07, 6.45) is 3.14. The predicted molar refractivity (Wildman–Crippen MR) is 112 cm³/mol. The first kappa shape index (κ1) is 19.6. The van der Waals surface area contributed by atoms with Gasteiger partial charge in [0.1, 0.15) is 0 Å². The summed E-state index contributed by atoms with van der Waals surface area (Å²) in [4.78, 5) is 17.0. The normalized spacial score (nSPS) is 19.2. The summed E-state index contributed by atoms with van der Waals surface area (Å²) < 4.78 is 1.83. The van der Waals surface area contributed by atoms with Crippen LogP contribution >= 0.6 is 11.6 Å². The van der Waals surface area contributed by atoms with Gasteiger partial charge in [0.2, 0.25) is 0 Å². The number of hydrogen-bond acceptors (Lipinski definition) is 5. The molecule has 1 saturated heterocycles. The van der Waals surface area contributed by atoms with Gasteiger partial charge in [0, 0.05) is 17.5 Å². The molecule has 0 bridgehead atoms. The summed E-state index contributed by atoms with van der Waals surface area (Å²) in [6, 6.07) is 12.9. The molecule has 148 valence electrons. The Morgan fingerprint density at radius 2 is 2.17 bits per heavy atom. The highest BCUT2D eigenvalue weighted by atomic mass is 35.5. The Hall–Kier alpha value is -2.72. The molecule has 6 nitrogen and oxygen atoms in total. The van der Waals surface area contributed by atoms with E-state index in [1.807, 2.05) is 28.8 Å². The Bertz CT molecular complexity index is 1100. The Morgan fingerprint density at radius 1 is 1.31 bits per heavy atom. The number of aliphatic hydroxyl groups excluding tert-OH is 1. The van der Waals surface area contributed by atoms with Crippen molar-refractivity contribution in [1.82, 2.24) is 14.9 Å². The average Bonchev–Trinajstić information content (AvgIpc) is 3.11. The van der Waals surface area contributed by atoms with Crippen LogP contribution in [0.4, 0.5) is 0 Å². The number of rotatable bonds is 5. The van der Waals surface area contributed by atoms with E-state index in [4.69, 9.17) is 11.6 Å². The molecular weight excluding hydrogens is 388 g/mol. The Labute approximate surface area is 173 Å². The molecule has 0 radical (unpaired) electrons. The molecule has 0 unspecified atom stereocenters. The van der Waals surface area contributed by atoms with E-state index in [0.29, 0.717) is 17.0 Å². The lowest BCUT2D eigenvalue weighted by Crippen LogP contribution is -2.46. The van der Waals surface area contributed by atoms with E-state index in [1.54, 1.807) is 18.5 Å². The lowest BCUT2D eigenvalue weighted by atomic mass is 9.97. The van der Waals surface area contributed by atoms with Crippen LogP contribution in [0.2, 0.25) is 5.02 Å². The van der Waals surface area contributed by atoms with E-state index in [2.05, 4.69) is 16.4 Å². The summed E-state index contributed by atoms with van der Waals surface area (Å²) in [6.45, 7) is 1.03. The number of ketones is 1. The van der Waals surface area contributed by atoms with Crippen LogP contribution in [0.3, 0.4) is 0 Å². The fraction of sp³-hybridized carbons (Fsp3) is 0.318. The maximum atomic E-state index is 12.6. The molecule has 2 N–H and O–H groups in total. The highest BCUT2D eigenvalue weighted by Crippen LogP contribution is 2.27. The molecule has 1 fully saturated rings. The fourth-order valence-electron chi connectivity index (χ4n) is 3.83. The van der Waals surface area contributed by atoms with Crippen molar-refractivity contribution in [3.05, 3.63) is 53.3 Å². The maximum Gasteiger partial charge on any atom is 0.154 e. The van der Waals surface area contributed by atoms with Crippen molar-refractivity contribution in [3.8, 4) is 17.2 Å². The van der Waals surface area contributed by atoms with Gasteiger partial charge in [-0.25, -0.2) is 4.98 Å². The molecule has 7 heteroatoms. The highest BCUT2D eigenvalue weighted by Gasteiger charge is 2.25. The molecule has 4 rings (SSSR count). The van der Waals surface area contributed by atoms with E-state index in [9.17, 15) is 15.2 Å². The van der Waals surface area contributed by atoms with Crippen LogP contribution in [0.5, 0.6) is 0 Å². The minimum Gasteiger partial charge on any atom is -0.391 e. The summed E-state index contributed by atoms with van der Waals surface area (Å²) >= 11 is 6.14. The standard InChI is InChI=1S/C22H21ClN4O2/c23-17-7-14(11-24)6-16(8-17)15-3-4-19-21(9-15)27(13-26-19)12-18(28)10-20-22(29)2-1-5-25-20/h3-4,6-9,13,20,22,25,29H,1-2,5,10,12H2/t20-,22+/m1/s1. The first-order valence-corrected chi connectivity index (χ1v) is 10.0. The number of hydrogen-bond donors (Lipinski definition) is 2. The summed E-state index contributed by atoms with van der Waals surface area (Å²) in [7, 11) is 0. The van der Waals surface area contributed by atoms with Crippen LogP contribution in [0.15, 0.2) is 42.7 Å². The molecule has 0 saturated carbocycles. The second-order valence-corrected chi connectivity index (χ2v) is 7.87. The highest BCUT2D eigenvalue weighted by molar-refractivity contribution is 6.31. The van der Waals surface area contributed by atoms with Gasteiger partial charge in [0.05, 0.1) is 41.6 Å². The molecule has 1 aliphatic rings. The number of carbonyl (C=O) groups excluding carboxylic acids is 1. The molecule has 2 aromatic carbocycles. The number of piperidine rings is 1. The first-order valence-electron chi connectivity index (χ1n) is 9.62. The quantitative estimate of drug-likeness (QED) is 0.675. The van der Waals surface area contributed by atoms with Crippen molar-refractivity contribution >= 4 is 28.4 Å². The van der Waals surface area contributed by atoms with Crippen LogP contribution in [0.25, 0.3) is 22.2 Å². The second kappa shape index (κ2) is 8.34. The van der Waals surface area contributed by atoms with Crippen LogP contribution in [-0.2, 0) is 11.3 Å². The van der Waals surface area contributed by atoms with Gasteiger partial charge in [-0.1, -0.05) is 17.7 Å². The number of aromatic nitrogens is 2. The lowest BCUT2D eigenvalue weighted by molar-refractivity contribution is -0.121. The number of Topliss-reactive ketones (excluding diaryl/α,β-unsaturated/α-hetero) is 1. The Kier molecular flexibility index (Phi) is 5.63. The van der Waals surface area contributed by atoms with E-state index < -0.39 is 6.10 Å². The van der Waals surface area contributed by atoms with E-state index >= 15 is 0 Å². The fourth-order valence-corrected chi connectivity index (χ4v) is 4.06. The topological polar surface area (TPSA) is 90.9 Å². The van der Waals surface area contributed by atoms with Crippen molar-refractivity contribution in [2.24, 2.45) is 0 Å². The lowest BCUT2D eigenvalue weighted by Gasteiger charge is -2.28. The number of nitriles is 1. The molecule has 2 heterocycles. The van der Waals surface area contributed by atoms with Crippen molar-refractivity contribution in [3.63, 3.8) is 0 Å². The van der Waals surface area contributed by atoms with Crippen LogP contribution in [0, 0.1) is 11.3 Å². The number of benzene rings is 2. The SMILES string of the molecule is N#Cc1cc(Cl)cc(-c2ccc3ncn(CC(=O)C[C@H]4NCCC[C@@H]4O)c3c2)c1. The number of aliphatic hydroxyl groups is 1. The van der Waals surface area contributed by atoms with Crippen molar-refractivity contribution in [2.75, 3.05) is 6.54 Å². The van der Waals surface area contributed by atoms with E-state index in [1.165, 1.54) is 0 Å². The molecule has 29 heavy (non-hydrogen) atoms. The number of carbonyl (C=O) groups is 1. The number of halogens is 1. The minimum absolute atomic E-state index is 0.0441. The third kappa shape index (κ3) is 4.33. The summed E-state index contributed by atoms with van der Waals surface area (Å²) in [5, 5.41) is 23.0. The van der Waals surface area contributed by atoms with E-state index in [-0.39, 0.29) is 18.4 Å². The molecule has 0 aliphatic carbocycles. The molecule has 0 spiro atoms. The zero-order chi connectivity index (χ0) is 20.4. The van der Waals surface area contributed by atoms with Gasteiger partial charge >= 0.3 is 0 Å². The maximum absolute atomic E-state index is 12.6. The summed E-state index contributed by atoms with van der Waals surface area (Å²) in [5.41, 5.74) is 3.86. The largest absolute Gasteiger partial charge is 0.391 e. The summed E-state index contributed by atoms with van der Waals surface area (Å²) in [5.74, 6) is 0.0441. The Balaban J connectivity index is 1.58. The van der Waals surface area contributed by atoms with Gasteiger partial charge in [-0.15, -0.1) is 0 Å². The molecule has 1 aromatic heterocycles.